The monoisotopic (exact) mass is 242 g/mol. The maximum absolute atomic E-state index is 12.0. The van der Waals surface area contributed by atoms with E-state index in [0.717, 1.165) is 0 Å². The number of carboxylic acid groups (broad SMARTS) is 1. The van der Waals surface area contributed by atoms with E-state index in [1.807, 2.05) is 0 Å². The van der Waals surface area contributed by atoms with Gasteiger partial charge in [0.05, 0.1) is 0 Å². The first-order valence-electron chi connectivity index (χ1n) is 5.75. The summed E-state index contributed by atoms with van der Waals surface area (Å²) in [6.45, 7) is 2.18. The number of aliphatic carboxylic acids is 1. The lowest BCUT2D eigenvalue weighted by Gasteiger charge is -2.24. The Morgan fingerprint density at radius 2 is 2.12 bits per heavy atom. The minimum absolute atomic E-state index is 0.151. The van der Waals surface area contributed by atoms with Crippen LogP contribution in [0.4, 0.5) is 0 Å². The molecule has 0 saturated carbocycles. The van der Waals surface area contributed by atoms with Crippen molar-refractivity contribution in [2.24, 2.45) is 11.7 Å². The lowest BCUT2D eigenvalue weighted by molar-refractivity contribution is -0.149. The Hall–Kier alpha value is -1.59. The van der Waals surface area contributed by atoms with Crippen molar-refractivity contribution in [2.45, 2.75) is 38.6 Å². The minimum atomic E-state index is -0.960. The average molecular weight is 242 g/mol. The second-order valence-electron chi connectivity index (χ2n) is 4.43. The molecule has 1 aliphatic heterocycles. The number of hydrogen-bond donors (Lipinski definition) is 2. The minimum Gasteiger partial charge on any atom is -0.480 e. The van der Waals surface area contributed by atoms with Gasteiger partial charge in [0.2, 0.25) is 11.8 Å². The van der Waals surface area contributed by atoms with E-state index in [-0.39, 0.29) is 18.2 Å². The second kappa shape index (κ2) is 5.65. The molecule has 6 nitrogen and oxygen atoms in total. The number of likely N-dealkylation sites (tertiary alicyclic amines) is 1. The lowest BCUT2D eigenvalue weighted by Crippen LogP contribution is -2.43. The fourth-order valence-electron chi connectivity index (χ4n) is 2.05. The predicted octanol–water partition coefficient (Wildman–Crippen LogP) is -0.0364. The van der Waals surface area contributed by atoms with E-state index < -0.39 is 17.9 Å². The largest absolute Gasteiger partial charge is 0.480 e. The van der Waals surface area contributed by atoms with Crippen molar-refractivity contribution in [3.05, 3.63) is 0 Å². The predicted molar refractivity (Wildman–Crippen MR) is 60.0 cm³/mol. The van der Waals surface area contributed by atoms with Crippen LogP contribution in [0.2, 0.25) is 0 Å². The molecule has 1 unspecified atom stereocenters. The molecule has 3 N–H and O–H groups in total. The summed E-state index contributed by atoms with van der Waals surface area (Å²) in [7, 11) is 0. The Kier molecular flexibility index (Phi) is 4.48. The summed E-state index contributed by atoms with van der Waals surface area (Å²) in [6, 6.07) is -0.710. The van der Waals surface area contributed by atoms with Crippen molar-refractivity contribution in [1.29, 1.82) is 0 Å². The van der Waals surface area contributed by atoms with Crippen molar-refractivity contribution in [3.8, 4) is 0 Å². The van der Waals surface area contributed by atoms with Crippen LogP contribution in [0.5, 0.6) is 0 Å². The SMILES string of the molecule is CC(CCC(N)=O)C(=O)N1CCC[C@H]1C(=O)O. The standard InChI is InChI=1S/C11H18N2O4/c1-7(4-5-9(12)14)10(15)13-6-2-3-8(13)11(16)17/h7-8H,2-6H2,1H3,(H2,12,14)(H,16,17)/t7?,8-/m0/s1. The Labute approximate surface area is 99.8 Å². The Morgan fingerprint density at radius 3 is 2.65 bits per heavy atom. The summed E-state index contributed by atoms with van der Waals surface area (Å²) >= 11 is 0. The molecule has 2 amide bonds. The smallest absolute Gasteiger partial charge is 0.326 e. The number of hydrogen-bond acceptors (Lipinski definition) is 3. The zero-order chi connectivity index (χ0) is 13.0. The van der Waals surface area contributed by atoms with Crippen LogP contribution in [0, 0.1) is 5.92 Å². The van der Waals surface area contributed by atoms with Crippen LogP contribution in [-0.4, -0.2) is 40.4 Å². The van der Waals surface area contributed by atoms with Crippen molar-refractivity contribution in [1.82, 2.24) is 4.90 Å². The normalized spacial score (nSPS) is 21.2. The van der Waals surface area contributed by atoms with Crippen LogP contribution in [0.1, 0.15) is 32.6 Å². The highest BCUT2D eigenvalue weighted by molar-refractivity contribution is 5.85. The molecule has 17 heavy (non-hydrogen) atoms. The van der Waals surface area contributed by atoms with Crippen molar-refractivity contribution < 1.29 is 19.5 Å². The molecule has 0 aromatic heterocycles. The zero-order valence-corrected chi connectivity index (χ0v) is 9.89. The van der Waals surface area contributed by atoms with Crippen molar-refractivity contribution >= 4 is 17.8 Å². The van der Waals surface area contributed by atoms with Gasteiger partial charge >= 0.3 is 5.97 Å². The number of rotatable bonds is 5. The van der Waals surface area contributed by atoms with Crippen LogP contribution in [0.15, 0.2) is 0 Å². The third-order valence-corrected chi connectivity index (χ3v) is 3.07. The molecular formula is C11H18N2O4. The molecular weight excluding hydrogens is 224 g/mol. The molecule has 0 radical (unpaired) electrons. The molecule has 2 atom stereocenters. The molecule has 1 saturated heterocycles. The van der Waals surface area contributed by atoms with Crippen LogP contribution in [0.3, 0.4) is 0 Å². The van der Waals surface area contributed by atoms with Crippen LogP contribution in [-0.2, 0) is 14.4 Å². The molecule has 96 valence electrons. The molecule has 0 spiro atoms. The van der Waals surface area contributed by atoms with Crippen LogP contribution in [0.25, 0.3) is 0 Å². The maximum atomic E-state index is 12.0. The summed E-state index contributed by atoms with van der Waals surface area (Å²) in [5, 5.41) is 8.96. The number of carbonyl (C=O) groups is 3. The third-order valence-electron chi connectivity index (χ3n) is 3.07. The summed E-state index contributed by atoms with van der Waals surface area (Å²) in [5.74, 6) is -1.96. The van der Waals surface area contributed by atoms with Crippen LogP contribution < -0.4 is 5.73 Å². The number of carbonyl (C=O) groups excluding carboxylic acids is 2. The number of primary amides is 1. The summed E-state index contributed by atoms with van der Waals surface area (Å²) in [5.41, 5.74) is 5.01. The second-order valence-corrected chi connectivity index (χ2v) is 4.43. The number of amides is 2. The lowest BCUT2D eigenvalue weighted by atomic mass is 10.0. The molecule has 0 aliphatic carbocycles. The first-order chi connectivity index (χ1) is 7.93. The first kappa shape index (κ1) is 13.5. The fraction of sp³-hybridized carbons (Fsp3) is 0.727. The Morgan fingerprint density at radius 1 is 1.47 bits per heavy atom. The summed E-state index contributed by atoms with van der Waals surface area (Å²) in [4.78, 5) is 34.9. The van der Waals surface area contributed by atoms with Gasteiger partial charge < -0.3 is 15.7 Å². The molecule has 1 heterocycles. The Bertz CT molecular complexity index is 329. The van der Waals surface area contributed by atoms with Gasteiger partial charge in [-0.05, 0) is 19.3 Å². The quantitative estimate of drug-likeness (QED) is 0.706. The van der Waals surface area contributed by atoms with Crippen molar-refractivity contribution in [2.75, 3.05) is 6.54 Å². The topological polar surface area (TPSA) is 101 Å². The van der Waals surface area contributed by atoms with E-state index in [0.29, 0.717) is 25.8 Å². The molecule has 0 bridgehead atoms. The maximum Gasteiger partial charge on any atom is 0.326 e. The van der Waals surface area contributed by atoms with Gasteiger partial charge in [0.15, 0.2) is 0 Å². The van der Waals surface area contributed by atoms with E-state index in [4.69, 9.17) is 10.8 Å². The van der Waals surface area contributed by atoms with Crippen molar-refractivity contribution in [3.63, 3.8) is 0 Å². The highest BCUT2D eigenvalue weighted by atomic mass is 16.4. The van der Waals surface area contributed by atoms with Gasteiger partial charge in [-0.2, -0.15) is 0 Å². The molecule has 6 heteroatoms. The van der Waals surface area contributed by atoms with Gasteiger partial charge in [0.25, 0.3) is 0 Å². The molecule has 1 rings (SSSR count). The average Bonchev–Trinajstić information content (AvgIpc) is 2.73. The van der Waals surface area contributed by atoms with Gasteiger partial charge in [-0.25, -0.2) is 4.79 Å². The van der Waals surface area contributed by atoms with E-state index in [9.17, 15) is 14.4 Å². The van der Waals surface area contributed by atoms with Gasteiger partial charge in [-0.1, -0.05) is 6.92 Å². The summed E-state index contributed by atoms with van der Waals surface area (Å²) < 4.78 is 0. The number of nitrogens with zero attached hydrogens (tertiary/aromatic N) is 1. The van der Waals surface area contributed by atoms with Gasteiger partial charge in [-0.3, -0.25) is 9.59 Å². The number of nitrogens with two attached hydrogens (primary N) is 1. The van der Waals surface area contributed by atoms with Gasteiger partial charge in [0.1, 0.15) is 6.04 Å². The van der Waals surface area contributed by atoms with Gasteiger partial charge in [-0.15, -0.1) is 0 Å². The van der Waals surface area contributed by atoms with Crippen LogP contribution >= 0.6 is 0 Å². The van der Waals surface area contributed by atoms with E-state index in [1.165, 1.54) is 4.90 Å². The Balaban J connectivity index is 2.56. The number of carboxylic acids is 1. The summed E-state index contributed by atoms with van der Waals surface area (Å²) in [6.07, 6.45) is 1.74. The highest BCUT2D eigenvalue weighted by Crippen LogP contribution is 2.21. The zero-order valence-electron chi connectivity index (χ0n) is 9.89. The third kappa shape index (κ3) is 3.44. The molecule has 1 fully saturated rings. The van der Waals surface area contributed by atoms with E-state index >= 15 is 0 Å². The molecule has 0 aromatic carbocycles. The van der Waals surface area contributed by atoms with Gasteiger partial charge in [0, 0.05) is 18.9 Å². The first-order valence-corrected chi connectivity index (χ1v) is 5.75. The fourth-order valence-corrected chi connectivity index (χ4v) is 2.05. The molecule has 1 aliphatic rings. The van der Waals surface area contributed by atoms with E-state index in [1.54, 1.807) is 6.92 Å². The van der Waals surface area contributed by atoms with E-state index in [2.05, 4.69) is 0 Å². The molecule has 0 aromatic rings. The highest BCUT2D eigenvalue weighted by Gasteiger charge is 2.35.